The third kappa shape index (κ3) is 2.81. The summed E-state index contributed by atoms with van der Waals surface area (Å²) >= 11 is 0. The van der Waals surface area contributed by atoms with Gasteiger partial charge in [-0.2, -0.15) is 0 Å². The number of methoxy groups -OCH3 is 1. The summed E-state index contributed by atoms with van der Waals surface area (Å²) in [6, 6.07) is 8.30. The summed E-state index contributed by atoms with van der Waals surface area (Å²) in [6.07, 6.45) is 0. The van der Waals surface area contributed by atoms with Gasteiger partial charge in [0.25, 0.3) is 17.5 Å². The number of carbonyl (C=O) groups is 3. The first kappa shape index (κ1) is 17.3. The highest BCUT2D eigenvalue weighted by Crippen LogP contribution is 2.30. The van der Waals surface area contributed by atoms with Crippen LogP contribution >= 0.6 is 0 Å². The molecule has 0 fully saturated rings. The average Bonchev–Trinajstić information content (AvgIpc) is 2.86. The number of fused-ring (bicyclic) bond motifs is 1. The molecule has 1 aliphatic rings. The molecule has 8 nitrogen and oxygen atoms in total. The second-order valence-corrected chi connectivity index (χ2v) is 5.77. The predicted octanol–water partition coefficient (Wildman–Crippen LogP) is 2.60. The van der Waals surface area contributed by atoms with Crippen LogP contribution in [0.4, 0.5) is 5.69 Å². The van der Waals surface area contributed by atoms with Crippen LogP contribution in [0.5, 0.6) is 5.75 Å². The molecule has 0 radical (unpaired) electrons. The number of nitro groups is 1. The zero-order valence-corrected chi connectivity index (χ0v) is 14.0. The van der Waals surface area contributed by atoms with E-state index in [9.17, 15) is 24.5 Å². The van der Waals surface area contributed by atoms with Crippen molar-refractivity contribution in [3.63, 3.8) is 0 Å². The summed E-state index contributed by atoms with van der Waals surface area (Å²) in [5.41, 5.74) is 0.758. The van der Waals surface area contributed by atoms with Gasteiger partial charge in [-0.1, -0.05) is 0 Å². The van der Waals surface area contributed by atoms with Crippen LogP contribution in [-0.4, -0.2) is 34.5 Å². The maximum atomic E-state index is 12.6. The molecule has 0 aliphatic carbocycles. The van der Waals surface area contributed by atoms with Gasteiger partial charge >= 0.3 is 0 Å². The summed E-state index contributed by atoms with van der Waals surface area (Å²) in [7, 11) is 1.44. The summed E-state index contributed by atoms with van der Waals surface area (Å²) in [4.78, 5) is 48.0. The first-order chi connectivity index (χ1) is 12.3. The number of amides is 2. The summed E-state index contributed by atoms with van der Waals surface area (Å²) in [5, 5.41) is 10.9. The summed E-state index contributed by atoms with van der Waals surface area (Å²) in [5.74, 6) is -0.899. The molecular weight excluding hydrogens is 340 g/mol. The van der Waals surface area contributed by atoms with Gasteiger partial charge in [-0.25, -0.2) is 0 Å². The molecular formula is C18H14N2O6. The van der Waals surface area contributed by atoms with Crippen LogP contribution in [0.2, 0.25) is 0 Å². The summed E-state index contributed by atoms with van der Waals surface area (Å²) < 4.78 is 5.24. The molecule has 0 N–H and O–H groups in total. The average molecular weight is 354 g/mol. The lowest BCUT2D eigenvalue weighted by Crippen LogP contribution is -2.29. The molecule has 0 unspecified atom stereocenters. The molecule has 2 aromatic rings. The number of nitro benzene ring substituents is 1. The maximum Gasteiger partial charge on any atom is 0.270 e. The van der Waals surface area contributed by atoms with Crippen molar-refractivity contribution in [3.8, 4) is 5.75 Å². The van der Waals surface area contributed by atoms with Crippen molar-refractivity contribution < 1.29 is 24.0 Å². The number of carbonyl (C=O) groups excluding carboxylic acids is 3. The number of ketones is 1. The Kier molecular flexibility index (Phi) is 4.25. The lowest BCUT2D eigenvalue weighted by atomic mass is 10.1. The van der Waals surface area contributed by atoms with Crippen LogP contribution < -0.4 is 4.74 Å². The van der Waals surface area contributed by atoms with E-state index >= 15 is 0 Å². The largest absolute Gasteiger partial charge is 0.496 e. The predicted molar refractivity (Wildman–Crippen MR) is 90.3 cm³/mol. The molecule has 3 rings (SSSR count). The van der Waals surface area contributed by atoms with Gasteiger partial charge in [0.05, 0.1) is 29.7 Å². The van der Waals surface area contributed by atoms with Crippen molar-refractivity contribution in [3.05, 3.63) is 68.8 Å². The molecule has 2 amide bonds. The van der Waals surface area contributed by atoms with E-state index in [1.807, 2.05) is 0 Å². The fourth-order valence-electron chi connectivity index (χ4n) is 2.83. The minimum atomic E-state index is -0.625. The van der Waals surface area contributed by atoms with Crippen molar-refractivity contribution in [2.45, 2.75) is 13.5 Å². The molecule has 0 spiro atoms. The van der Waals surface area contributed by atoms with Gasteiger partial charge < -0.3 is 4.74 Å². The van der Waals surface area contributed by atoms with E-state index in [1.54, 1.807) is 18.2 Å². The molecule has 0 saturated heterocycles. The van der Waals surface area contributed by atoms with Crippen LogP contribution in [-0.2, 0) is 6.54 Å². The quantitative estimate of drug-likeness (QED) is 0.353. The third-order valence-electron chi connectivity index (χ3n) is 4.18. The smallest absolute Gasteiger partial charge is 0.270 e. The van der Waals surface area contributed by atoms with E-state index in [2.05, 4.69) is 0 Å². The van der Waals surface area contributed by atoms with Crippen LogP contribution in [0.25, 0.3) is 0 Å². The number of ether oxygens (including phenoxy) is 1. The highest BCUT2D eigenvalue weighted by atomic mass is 16.6. The second-order valence-electron chi connectivity index (χ2n) is 5.77. The Morgan fingerprint density at radius 2 is 1.81 bits per heavy atom. The fourth-order valence-corrected chi connectivity index (χ4v) is 2.83. The minimum absolute atomic E-state index is 0.00844. The number of hydrogen-bond donors (Lipinski definition) is 0. The second kappa shape index (κ2) is 6.40. The van der Waals surface area contributed by atoms with Crippen LogP contribution in [0.15, 0.2) is 36.4 Å². The number of imide groups is 1. The number of non-ortho nitro benzene ring substituents is 1. The topological polar surface area (TPSA) is 107 Å². The van der Waals surface area contributed by atoms with Crippen molar-refractivity contribution in [1.82, 2.24) is 4.90 Å². The first-order valence-corrected chi connectivity index (χ1v) is 7.66. The van der Waals surface area contributed by atoms with Crippen LogP contribution in [0.3, 0.4) is 0 Å². The molecule has 0 saturated carbocycles. The van der Waals surface area contributed by atoms with Crippen LogP contribution in [0, 0.1) is 10.1 Å². The molecule has 0 bridgehead atoms. The maximum absolute atomic E-state index is 12.6. The Balaban J connectivity index is 1.98. The van der Waals surface area contributed by atoms with Gasteiger partial charge in [0.15, 0.2) is 5.78 Å². The minimum Gasteiger partial charge on any atom is -0.496 e. The monoisotopic (exact) mass is 354 g/mol. The molecule has 1 aliphatic heterocycles. The van der Waals surface area contributed by atoms with Crippen molar-refractivity contribution in [2.75, 3.05) is 7.11 Å². The van der Waals surface area contributed by atoms with Gasteiger partial charge in [0.1, 0.15) is 5.75 Å². The van der Waals surface area contributed by atoms with E-state index in [0.717, 1.165) is 11.0 Å². The molecule has 2 aromatic carbocycles. The van der Waals surface area contributed by atoms with Crippen LogP contribution in [0.1, 0.15) is 43.6 Å². The molecule has 0 atom stereocenters. The molecule has 26 heavy (non-hydrogen) atoms. The lowest BCUT2D eigenvalue weighted by Gasteiger charge is -2.16. The van der Waals surface area contributed by atoms with E-state index in [4.69, 9.17) is 4.74 Å². The fraction of sp³-hybridized carbons (Fsp3) is 0.167. The Morgan fingerprint density at radius 3 is 2.42 bits per heavy atom. The highest BCUT2D eigenvalue weighted by molar-refractivity contribution is 6.21. The Bertz CT molecular complexity index is 966. The first-order valence-electron chi connectivity index (χ1n) is 7.66. The SMILES string of the molecule is COc1ccc(C(C)=O)cc1CN1C(=O)c2ccc([N+](=O)[O-])cc2C1=O. The van der Waals surface area contributed by atoms with E-state index < -0.39 is 16.7 Å². The normalized spacial score (nSPS) is 12.9. The van der Waals surface area contributed by atoms with E-state index in [0.29, 0.717) is 16.9 Å². The van der Waals surface area contributed by atoms with Gasteiger partial charge in [-0.3, -0.25) is 29.4 Å². The van der Waals surface area contributed by atoms with E-state index in [-0.39, 0.29) is 29.1 Å². The molecule has 1 heterocycles. The number of rotatable bonds is 5. The zero-order valence-electron chi connectivity index (χ0n) is 14.0. The standard InChI is InChI=1S/C18H14N2O6/c1-10(21)11-3-6-16(26-2)12(7-11)9-19-17(22)14-5-4-13(20(24)25)8-15(14)18(19)23/h3-8H,9H2,1-2H3. The molecule has 132 valence electrons. The van der Waals surface area contributed by atoms with Gasteiger partial charge in [0.2, 0.25) is 0 Å². The van der Waals surface area contributed by atoms with Gasteiger partial charge in [-0.05, 0) is 31.2 Å². The molecule has 8 heteroatoms. The van der Waals surface area contributed by atoms with Crippen molar-refractivity contribution in [2.24, 2.45) is 0 Å². The van der Waals surface area contributed by atoms with Crippen molar-refractivity contribution in [1.29, 1.82) is 0 Å². The van der Waals surface area contributed by atoms with Crippen molar-refractivity contribution >= 4 is 23.3 Å². The third-order valence-corrected chi connectivity index (χ3v) is 4.18. The summed E-state index contributed by atoms with van der Waals surface area (Å²) in [6.45, 7) is 1.30. The Hall–Kier alpha value is -3.55. The number of hydrogen-bond acceptors (Lipinski definition) is 6. The number of benzene rings is 2. The van der Waals surface area contributed by atoms with E-state index in [1.165, 1.54) is 26.2 Å². The number of nitrogens with zero attached hydrogens (tertiary/aromatic N) is 2. The highest BCUT2D eigenvalue weighted by Gasteiger charge is 2.37. The Labute approximate surface area is 148 Å². The Morgan fingerprint density at radius 1 is 1.12 bits per heavy atom. The van der Waals surface area contributed by atoms with Gasteiger partial charge in [-0.15, -0.1) is 0 Å². The zero-order chi connectivity index (χ0) is 19.0. The van der Waals surface area contributed by atoms with Gasteiger partial charge in [0, 0.05) is 23.3 Å². The molecule has 0 aromatic heterocycles. The lowest BCUT2D eigenvalue weighted by molar-refractivity contribution is -0.384. The number of Topliss-reactive ketones (excluding diaryl/α,β-unsaturated/α-hetero) is 1.